The fraction of sp³-hybridized carbons (Fsp3) is 0.385. The summed E-state index contributed by atoms with van der Waals surface area (Å²) in [5.41, 5.74) is 2.01. The predicted molar refractivity (Wildman–Crippen MR) is 67.1 cm³/mol. The monoisotopic (exact) mass is 216 g/mol. The summed E-state index contributed by atoms with van der Waals surface area (Å²) in [5, 5.41) is 0. The van der Waals surface area contributed by atoms with Crippen LogP contribution in [-0.2, 0) is 0 Å². The Morgan fingerprint density at radius 3 is 2.38 bits per heavy atom. The van der Waals surface area contributed by atoms with Gasteiger partial charge in [0.05, 0.1) is 17.6 Å². The molecule has 0 unspecified atom stereocenters. The zero-order chi connectivity index (χ0) is 12.0. The summed E-state index contributed by atoms with van der Waals surface area (Å²) in [6.07, 6.45) is 12.4. The Labute approximate surface area is 97.5 Å². The molecule has 1 rings (SSSR count). The highest BCUT2D eigenvalue weighted by atomic mass is 15.1. The van der Waals surface area contributed by atoms with Gasteiger partial charge in [-0.2, -0.15) is 0 Å². The second kappa shape index (κ2) is 6.05. The molecule has 1 heterocycles. The van der Waals surface area contributed by atoms with E-state index in [-0.39, 0.29) is 0 Å². The van der Waals surface area contributed by atoms with E-state index in [9.17, 15) is 0 Å². The van der Waals surface area contributed by atoms with E-state index in [1.807, 2.05) is 43.3 Å². The third kappa shape index (κ3) is 2.92. The quantitative estimate of drug-likeness (QED) is 0.773. The van der Waals surface area contributed by atoms with Crippen LogP contribution in [0.15, 0.2) is 30.7 Å². The lowest BCUT2D eigenvalue weighted by Gasteiger charge is -2.19. The van der Waals surface area contributed by atoms with Crippen LogP contribution >= 0.6 is 0 Å². The first-order chi connectivity index (χ1) is 7.70. The molecule has 0 aromatic carbocycles. The van der Waals surface area contributed by atoms with Crippen molar-refractivity contribution in [1.82, 2.24) is 9.97 Å². The molecule has 0 bridgehead atoms. The fourth-order valence-corrected chi connectivity index (χ4v) is 1.45. The van der Waals surface area contributed by atoms with Gasteiger partial charge in [-0.05, 0) is 19.8 Å². The molecular formula is C13H18N3. The first-order valence-electron chi connectivity index (χ1n) is 5.47. The molecule has 1 aromatic rings. The number of allylic oxidation sites excluding steroid dienone is 2. The summed E-state index contributed by atoms with van der Waals surface area (Å²) in [6.45, 7) is 8.20. The minimum atomic E-state index is 0.354. The standard InChI is InChI=1S/C13H18N3/c1-5-7-16(8-6-2)12-9-14-10-15-13(12)11(3)4/h5-9,11H,1-4H3. The molecule has 85 valence electrons. The third-order valence-corrected chi connectivity index (χ3v) is 2.12. The van der Waals surface area contributed by atoms with Crippen molar-refractivity contribution < 1.29 is 0 Å². The van der Waals surface area contributed by atoms with Gasteiger partial charge in [0, 0.05) is 12.4 Å². The van der Waals surface area contributed by atoms with E-state index >= 15 is 0 Å². The van der Waals surface area contributed by atoms with Crippen LogP contribution in [0.4, 0.5) is 5.69 Å². The van der Waals surface area contributed by atoms with Gasteiger partial charge in [0.15, 0.2) is 6.33 Å². The Balaban J connectivity index is 3.17. The maximum Gasteiger partial charge on any atom is 0.198 e. The van der Waals surface area contributed by atoms with E-state index in [1.54, 1.807) is 6.20 Å². The average molecular weight is 216 g/mol. The van der Waals surface area contributed by atoms with Gasteiger partial charge in [-0.15, -0.1) is 0 Å². The number of rotatable bonds is 4. The lowest BCUT2D eigenvalue weighted by atomic mass is 10.1. The maximum absolute atomic E-state index is 4.22. The van der Waals surface area contributed by atoms with Crippen molar-refractivity contribution in [2.75, 3.05) is 4.90 Å². The Kier molecular flexibility index (Phi) is 4.70. The Hall–Kier alpha value is -1.64. The van der Waals surface area contributed by atoms with Crippen molar-refractivity contribution in [1.29, 1.82) is 0 Å². The van der Waals surface area contributed by atoms with Crippen molar-refractivity contribution in [2.45, 2.75) is 33.6 Å². The van der Waals surface area contributed by atoms with Gasteiger partial charge in [0.25, 0.3) is 0 Å². The van der Waals surface area contributed by atoms with E-state index < -0.39 is 0 Å². The van der Waals surface area contributed by atoms with Crippen LogP contribution in [0.5, 0.6) is 0 Å². The Morgan fingerprint density at radius 2 is 1.88 bits per heavy atom. The largest absolute Gasteiger partial charge is 0.322 e. The molecule has 0 aliphatic heterocycles. The minimum Gasteiger partial charge on any atom is -0.322 e. The number of nitrogens with zero attached hydrogens (tertiary/aromatic N) is 3. The second-order valence-corrected chi connectivity index (χ2v) is 3.77. The maximum atomic E-state index is 4.22. The van der Waals surface area contributed by atoms with Gasteiger partial charge >= 0.3 is 0 Å². The molecule has 0 aliphatic carbocycles. The molecule has 0 aliphatic rings. The summed E-state index contributed by atoms with van der Waals surface area (Å²) >= 11 is 0. The summed E-state index contributed by atoms with van der Waals surface area (Å²) in [4.78, 5) is 10.2. The zero-order valence-corrected chi connectivity index (χ0v) is 10.3. The van der Waals surface area contributed by atoms with Gasteiger partial charge in [-0.1, -0.05) is 26.0 Å². The average Bonchev–Trinajstić information content (AvgIpc) is 2.29. The molecule has 16 heavy (non-hydrogen) atoms. The van der Waals surface area contributed by atoms with Gasteiger partial charge in [-0.25, -0.2) is 9.97 Å². The summed E-state index contributed by atoms with van der Waals surface area (Å²) < 4.78 is 0. The molecule has 0 N–H and O–H groups in total. The minimum absolute atomic E-state index is 0.354. The third-order valence-electron chi connectivity index (χ3n) is 2.12. The van der Waals surface area contributed by atoms with Crippen LogP contribution < -0.4 is 4.90 Å². The highest BCUT2D eigenvalue weighted by Gasteiger charge is 2.11. The molecule has 0 fully saturated rings. The molecule has 0 saturated heterocycles. The molecule has 0 amide bonds. The molecular weight excluding hydrogens is 198 g/mol. The molecule has 1 radical (unpaired) electrons. The van der Waals surface area contributed by atoms with Gasteiger partial charge in [0.2, 0.25) is 0 Å². The SMILES string of the molecule is CC=CN(C=CC)c1cn[c]nc1C(C)C. The van der Waals surface area contributed by atoms with E-state index in [4.69, 9.17) is 0 Å². The lowest BCUT2D eigenvalue weighted by molar-refractivity contribution is 0.809. The van der Waals surface area contributed by atoms with Crippen molar-refractivity contribution in [3.05, 3.63) is 42.8 Å². The predicted octanol–water partition coefficient (Wildman–Crippen LogP) is 3.27. The number of hydrogen-bond donors (Lipinski definition) is 0. The second-order valence-electron chi connectivity index (χ2n) is 3.77. The van der Waals surface area contributed by atoms with Gasteiger partial charge in [0.1, 0.15) is 0 Å². The molecule has 3 nitrogen and oxygen atoms in total. The highest BCUT2D eigenvalue weighted by molar-refractivity contribution is 5.55. The lowest BCUT2D eigenvalue weighted by Crippen LogP contribution is -2.11. The Bertz CT molecular complexity index is 369. The Morgan fingerprint density at radius 1 is 1.25 bits per heavy atom. The molecule has 3 heteroatoms. The first kappa shape index (κ1) is 12.4. The smallest absolute Gasteiger partial charge is 0.198 e. The molecule has 0 spiro atoms. The van der Waals surface area contributed by atoms with E-state index in [2.05, 4.69) is 30.1 Å². The first-order valence-corrected chi connectivity index (χ1v) is 5.47. The van der Waals surface area contributed by atoms with Crippen molar-refractivity contribution in [3.8, 4) is 0 Å². The molecule has 1 aromatic heterocycles. The van der Waals surface area contributed by atoms with Crippen LogP contribution in [0.2, 0.25) is 0 Å². The summed E-state index contributed by atoms with van der Waals surface area (Å²) in [6, 6.07) is 0. The van der Waals surface area contributed by atoms with E-state index in [1.165, 1.54) is 0 Å². The zero-order valence-electron chi connectivity index (χ0n) is 10.3. The summed E-state index contributed by atoms with van der Waals surface area (Å²) in [7, 11) is 0. The van der Waals surface area contributed by atoms with Gasteiger partial charge in [-0.3, -0.25) is 0 Å². The van der Waals surface area contributed by atoms with Crippen molar-refractivity contribution in [3.63, 3.8) is 0 Å². The number of aromatic nitrogens is 2. The number of anilines is 1. The highest BCUT2D eigenvalue weighted by Crippen LogP contribution is 2.24. The fourth-order valence-electron chi connectivity index (χ4n) is 1.45. The summed E-state index contributed by atoms with van der Waals surface area (Å²) in [5.74, 6) is 0.354. The van der Waals surface area contributed by atoms with Crippen molar-refractivity contribution in [2.24, 2.45) is 0 Å². The van der Waals surface area contributed by atoms with E-state index in [0.717, 1.165) is 11.4 Å². The van der Waals surface area contributed by atoms with Crippen LogP contribution in [0.25, 0.3) is 0 Å². The van der Waals surface area contributed by atoms with Crippen LogP contribution in [0.3, 0.4) is 0 Å². The normalized spacial score (nSPS) is 11.8. The topological polar surface area (TPSA) is 29.0 Å². The van der Waals surface area contributed by atoms with Gasteiger partial charge < -0.3 is 4.90 Å². The molecule has 0 saturated carbocycles. The van der Waals surface area contributed by atoms with Crippen LogP contribution in [0.1, 0.15) is 39.3 Å². The van der Waals surface area contributed by atoms with Crippen molar-refractivity contribution >= 4 is 5.69 Å². The van der Waals surface area contributed by atoms with E-state index in [0.29, 0.717) is 5.92 Å². The molecule has 0 atom stereocenters. The number of hydrogen-bond acceptors (Lipinski definition) is 3. The van der Waals surface area contributed by atoms with Crippen LogP contribution in [0, 0.1) is 6.33 Å². The van der Waals surface area contributed by atoms with Crippen LogP contribution in [-0.4, -0.2) is 9.97 Å².